The predicted molar refractivity (Wildman–Crippen MR) is 220 cm³/mol. The average Bonchev–Trinajstić information content (AvgIpc) is 3.40. The van der Waals surface area contributed by atoms with Gasteiger partial charge in [0.15, 0.2) is 98.9 Å². The molecule has 0 saturated carbocycles. The van der Waals surface area contributed by atoms with Crippen molar-refractivity contribution in [1.82, 2.24) is 0 Å². The summed E-state index contributed by atoms with van der Waals surface area (Å²) in [5, 5.41) is 0. The van der Waals surface area contributed by atoms with Gasteiger partial charge in [0, 0.05) is 16.9 Å². The molecule has 0 aliphatic rings. The lowest BCUT2D eigenvalue weighted by atomic mass is 10.0. The van der Waals surface area contributed by atoms with Crippen molar-refractivity contribution in [1.29, 1.82) is 0 Å². The molecular formula is C48H23BF20O4S. The number of ketones is 1. The van der Waals surface area contributed by atoms with Crippen molar-refractivity contribution in [3.8, 4) is 11.1 Å². The molecule has 2 unspecified atom stereocenters. The van der Waals surface area contributed by atoms with Gasteiger partial charge < -0.3 is 14.0 Å². The van der Waals surface area contributed by atoms with E-state index in [4.69, 9.17) is 14.0 Å². The molecule has 0 spiro atoms. The second-order valence-electron chi connectivity index (χ2n) is 15.4. The first-order chi connectivity index (χ1) is 34.9. The van der Waals surface area contributed by atoms with E-state index in [2.05, 4.69) is 0 Å². The molecule has 0 aliphatic carbocycles. The molecule has 0 N–H and O–H groups in total. The molecular weight excluding hydrogens is 1060 g/mol. The second-order valence-corrected chi connectivity index (χ2v) is 18.7. The van der Waals surface area contributed by atoms with E-state index in [1.165, 1.54) is 37.3 Å². The van der Waals surface area contributed by atoms with E-state index in [1.54, 1.807) is 0 Å². The quantitative estimate of drug-likeness (QED) is 0.0318. The highest BCUT2D eigenvalue weighted by Crippen LogP contribution is 2.74. The lowest BCUT2D eigenvalue weighted by molar-refractivity contribution is 0.0663. The molecule has 4 nitrogen and oxygen atoms in total. The first-order valence-electron chi connectivity index (χ1n) is 20.3. The largest absolute Gasteiger partial charge is 0.641 e. The van der Waals surface area contributed by atoms with Crippen molar-refractivity contribution in [2.45, 2.75) is 41.1 Å². The molecule has 26 heteroatoms. The number of Topliss-reactive ketones (excluding diaryl/α,β-unsaturated/α-hetero) is 1. The molecule has 0 saturated heterocycles. The first kappa shape index (κ1) is 54.9. The van der Waals surface area contributed by atoms with Crippen LogP contribution < -0.4 is 0 Å². The number of benzene rings is 7. The molecule has 0 heterocycles. The van der Waals surface area contributed by atoms with Gasteiger partial charge in [-0.05, 0) is 52.1 Å². The normalized spacial score (nSPS) is 13.3. The van der Waals surface area contributed by atoms with Gasteiger partial charge in [-0.25, -0.2) is 87.8 Å². The molecule has 0 aromatic heterocycles. The first-order valence-corrected chi connectivity index (χ1v) is 22.2. The standard InChI is InChI=1S/C48H23BF20O4S/c1-18(70)19-7-9-20(10-8-19)21-11-13-23(14-12-21)74(22-5-3-2-4-6-22,17-26-32(54)40(62)46(68)41(63)33(26)55)48(27-34(56)42(64)47(69)43(65)35(27)57)73-49(71-15-24-28(50)36(58)44(66)37(59)29(24)51)72-16-25-30(52)38(60)45(67)39(61)31(25)53/h2-14,48H,15-17H2,1H3. The van der Waals surface area contributed by atoms with Crippen LogP contribution in [0.2, 0.25) is 0 Å². The minimum absolute atomic E-state index is 0.130. The fraction of sp³-hybridized carbons (Fsp3) is 0.104. The Morgan fingerprint density at radius 2 is 0.716 bits per heavy atom. The zero-order chi connectivity index (χ0) is 54.4. The molecule has 2 atom stereocenters. The maximum atomic E-state index is 16.6. The summed E-state index contributed by atoms with van der Waals surface area (Å²) in [5.74, 6) is -57.3. The summed E-state index contributed by atoms with van der Waals surface area (Å²) in [6.45, 7) is -3.03. The molecule has 0 amide bonds. The van der Waals surface area contributed by atoms with Crippen LogP contribution in [0.4, 0.5) is 87.8 Å². The summed E-state index contributed by atoms with van der Waals surface area (Å²) in [7, 11) is -8.35. The monoisotopic (exact) mass is 1090 g/mol. The summed E-state index contributed by atoms with van der Waals surface area (Å²) in [6, 6.07) is 14.5. The van der Waals surface area contributed by atoms with Crippen molar-refractivity contribution >= 4 is 23.1 Å². The number of halogens is 20. The number of carbonyl (C=O) groups excluding carboxylic acids is 1. The van der Waals surface area contributed by atoms with Gasteiger partial charge in [-0.1, -0.05) is 54.6 Å². The van der Waals surface area contributed by atoms with Gasteiger partial charge in [-0.3, -0.25) is 4.79 Å². The molecule has 0 fully saturated rings. The van der Waals surface area contributed by atoms with Gasteiger partial charge in [-0.15, -0.1) is 0 Å². The van der Waals surface area contributed by atoms with E-state index in [0.29, 0.717) is 0 Å². The van der Waals surface area contributed by atoms with E-state index in [9.17, 15) is 39.9 Å². The highest BCUT2D eigenvalue weighted by molar-refractivity contribution is 8.33. The van der Waals surface area contributed by atoms with Crippen LogP contribution in [0, 0.1) is 116 Å². The maximum absolute atomic E-state index is 16.6. The Kier molecular flexibility index (Phi) is 16.0. The van der Waals surface area contributed by atoms with E-state index in [0.717, 1.165) is 48.5 Å². The third kappa shape index (κ3) is 9.70. The van der Waals surface area contributed by atoms with Gasteiger partial charge in [0.05, 0.1) is 29.9 Å². The van der Waals surface area contributed by atoms with Gasteiger partial charge in [0.2, 0.25) is 23.3 Å². The zero-order valence-electron chi connectivity index (χ0n) is 36.4. The Bertz CT molecular complexity index is 3160. The van der Waals surface area contributed by atoms with Gasteiger partial charge in [0.1, 0.15) is 5.44 Å². The predicted octanol–water partition coefficient (Wildman–Crippen LogP) is 14.9. The molecule has 7 rings (SSSR count). The van der Waals surface area contributed by atoms with E-state index < -0.39 is 190 Å². The SMILES string of the molecule is CC(=O)c1ccc(-c2ccc(S(Cc3c(F)c(F)c(F)c(F)c3F)(c3ccccc3)C(OB(OCc3c(F)c(F)c(F)c(F)c3F)OCc3c(F)c(F)c(F)c(F)c3F)c3c(F)c(F)c(F)c(F)c3F)cc2)cc1. The minimum atomic E-state index is -4.87. The summed E-state index contributed by atoms with van der Waals surface area (Å²) >= 11 is 0. The zero-order valence-corrected chi connectivity index (χ0v) is 37.2. The molecule has 74 heavy (non-hydrogen) atoms. The van der Waals surface area contributed by atoms with Crippen LogP contribution in [0.5, 0.6) is 0 Å². The number of hydrogen-bond acceptors (Lipinski definition) is 4. The number of carbonyl (C=O) groups is 1. The van der Waals surface area contributed by atoms with Crippen molar-refractivity contribution in [2.75, 3.05) is 0 Å². The van der Waals surface area contributed by atoms with Gasteiger partial charge in [0.25, 0.3) is 0 Å². The van der Waals surface area contributed by atoms with Crippen molar-refractivity contribution in [2.24, 2.45) is 0 Å². The molecule has 0 radical (unpaired) electrons. The lowest BCUT2D eigenvalue weighted by Gasteiger charge is -2.48. The lowest BCUT2D eigenvalue weighted by Crippen LogP contribution is -2.34. The molecule has 7 aromatic rings. The smallest absolute Gasteiger partial charge is 0.381 e. The highest BCUT2D eigenvalue weighted by Gasteiger charge is 2.49. The van der Waals surface area contributed by atoms with E-state index >= 15 is 52.7 Å². The molecule has 0 bridgehead atoms. The van der Waals surface area contributed by atoms with Gasteiger partial charge in [-0.2, -0.15) is 10.0 Å². The van der Waals surface area contributed by atoms with Crippen LogP contribution in [-0.2, 0) is 32.9 Å². The topological polar surface area (TPSA) is 44.8 Å². The highest BCUT2D eigenvalue weighted by atomic mass is 32.3. The molecule has 0 aliphatic heterocycles. The number of hydrogen-bond donors (Lipinski definition) is 0. The van der Waals surface area contributed by atoms with Crippen LogP contribution in [-0.4, -0.2) is 13.1 Å². The van der Waals surface area contributed by atoms with Crippen molar-refractivity contribution in [3.63, 3.8) is 0 Å². The Hall–Kier alpha value is -6.90. The Balaban J connectivity index is 1.58. The summed E-state index contributed by atoms with van der Waals surface area (Å²) in [6.07, 6.45) is 0. The van der Waals surface area contributed by atoms with Gasteiger partial charge >= 0.3 is 7.32 Å². The summed E-state index contributed by atoms with van der Waals surface area (Å²) in [4.78, 5) is 10.6. The van der Waals surface area contributed by atoms with E-state index in [1.807, 2.05) is 0 Å². The Labute approximate surface area is 404 Å². The third-order valence-electron chi connectivity index (χ3n) is 11.1. The van der Waals surface area contributed by atoms with Crippen LogP contribution in [0.15, 0.2) is 88.7 Å². The minimum Gasteiger partial charge on any atom is -0.381 e. The second kappa shape index (κ2) is 21.5. The van der Waals surface area contributed by atoms with Crippen LogP contribution in [0.25, 0.3) is 11.1 Å². The van der Waals surface area contributed by atoms with Crippen molar-refractivity contribution < 1.29 is 107 Å². The fourth-order valence-corrected chi connectivity index (χ4v) is 11.5. The van der Waals surface area contributed by atoms with Crippen LogP contribution in [0.1, 0.15) is 45.0 Å². The maximum Gasteiger partial charge on any atom is 0.641 e. The Morgan fingerprint density at radius 1 is 0.405 bits per heavy atom. The average molecular weight is 1090 g/mol. The molecule has 7 aromatic carbocycles. The summed E-state index contributed by atoms with van der Waals surface area (Å²) in [5.41, 5.74) is -11.0. The Morgan fingerprint density at radius 3 is 1.08 bits per heavy atom. The fourth-order valence-electron chi connectivity index (χ4n) is 7.36. The van der Waals surface area contributed by atoms with Crippen LogP contribution in [0.3, 0.4) is 0 Å². The molecule has 388 valence electrons. The van der Waals surface area contributed by atoms with Crippen LogP contribution >= 0.6 is 10.0 Å². The summed E-state index contributed by atoms with van der Waals surface area (Å²) < 4.78 is 318. The van der Waals surface area contributed by atoms with Crippen molar-refractivity contribution in [3.05, 3.63) is 223 Å². The third-order valence-corrected chi connectivity index (χ3v) is 15.2. The number of rotatable bonds is 16. The van der Waals surface area contributed by atoms with E-state index in [-0.39, 0.29) is 22.5 Å².